The second-order valence-corrected chi connectivity index (χ2v) is 12.2. The first kappa shape index (κ1) is 41.1. The summed E-state index contributed by atoms with van der Waals surface area (Å²) in [6.07, 6.45) is 31.1. The molecule has 0 aliphatic heterocycles. The zero-order chi connectivity index (χ0) is 31.6. The number of carbonyl (C=O) groups excluding carboxylic acids is 4. The van der Waals surface area contributed by atoms with Gasteiger partial charge >= 0.3 is 23.9 Å². The van der Waals surface area contributed by atoms with Crippen molar-refractivity contribution in [2.75, 3.05) is 13.2 Å². The number of ether oxygens (including phenoxy) is 3. The SMILES string of the molecule is CC(=O)OCCCCCCCCCCCCCCCC(=O)OC(=O)CCCCCCCCCCCCCCCOC(C)=O. The van der Waals surface area contributed by atoms with E-state index in [1.54, 1.807) is 0 Å². The van der Waals surface area contributed by atoms with Crippen molar-refractivity contribution in [3.63, 3.8) is 0 Å². The lowest BCUT2D eigenvalue weighted by atomic mass is 10.0. The molecule has 43 heavy (non-hydrogen) atoms. The molecule has 0 aromatic carbocycles. The molecule has 0 spiro atoms. The molecule has 0 saturated heterocycles. The highest BCUT2D eigenvalue weighted by atomic mass is 16.6. The minimum Gasteiger partial charge on any atom is -0.466 e. The molecule has 0 unspecified atom stereocenters. The van der Waals surface area contributed by atoms with E-state index < -0.39 is 0 Å². The Labute approximate surface area is 263 Å². The minimum atomic E-state index is -0.363. The highest BCUT2D eigenvalue weighted by Crippen LogP contribution is 2.15. The summed E-state index contributed by atoms with van der Waals surface area (Å²) in [7, 11) is 0. The van der Waals surface area contributed by atoms with E-state index in [0.29, 0.717) is 26.1 Å². The molecule has 7 heteroatoms. The molecule has 0 saturated carbocycles. The first-order chi connectivity index (χ1) is 20.9. The van der Waals surface area contributed by atoms with Gasteiger partial charge in [-0.3, -0.25) is 19.2 Å². The predicted octanol–water partition coefficient (Wildman–Crippen LogP) is 10.1. The van der Waals surface area contributed by atoms with Crippen LogP contribution in [0.3, 0.4) is 0 Å². The summed E-state index contributed by atoms with van der Waals surface area (Å²) >= 11 is 0. The standard InChI is InChI=1S/C36H66O7/c1-33(37)41-31-27-23-19-15-11-7-3-5-9-13-17-21-25-29-35(39)43-36(40)30-26-22-18-14-10-6-4-8-12-16-20-24-28-32-42-34(2)38/h3-32H2,1-2H3. The third kappa shape index (κ3) is 36.2. The maximum absolute atomic E-state index is 11.9. The third-order valence-electron chi connectivity index (χ3n) is 7.89. The lowest BCUT2D eigenvalue weighted by Gasteiger charge is -2.05. The van der Waals surface area contributed by atoms with Gasteiger partial charge in [0.1, 0.15) is 0 Å². The topological polar surface area (TPSA) is 96.0 Å². The maximum atomic E-state index is 11.9. The zero-order valence-electron chi connectivity index (χ0n) is 28.1. The Morgan fingerprint density at radius 1 is 0.326 bits per heavy atom. The van der Waals surface area contributed by atoms with Crippen LogP contribution >= 0.6 is 0 Å². The van der Waals surface area contributed by atoms with Crippen molar-refractivity contribution in [2.24, 2.45) is 0 Å². The Bertz CT molecular complexity index is 621. The molecule has 0 aliphatic carbocycles. The molecule has 0 radical (unpaired) electrons. The zero-order valence-corrected chi connectivity index (χ0v) is 28.1. The van der Waals surface area contributed by atoms with Crippen LogP contribution < -0.4 is 0 Å². The summed E-state index contributed by atoms with van der Waals surface area (Å²) in [6.45, 7) is 4.03. The summed E-state index contributed by atoms with van der Waals surface area (Å²) in [5.74, 6) is -1.10. The number of carbonyl (C=O) groups is 4. The fourth-order valence-corrected chi connectivity index (χ4v) is 5.29. The Morgan fingerprint density at radius 2 is 0.535 bits per heavy atom. The molecule has 0 amide bonds. The van der Waals surface area contributed by atoms with E-state index >= 15 is 0 Å². The van der Waals surface area contributed by atoms with E-state index in [1.807, 2.05) is 0 Å². The molecule has 0 heterocycles. The van der Waals surface area contributed by atoms with E-state index in [0.717, 1.165) is 64.2 Å². The largest absolute Gasteiger partial charge is 0.466 e. The van der Waals surface area contributed by atoms with Gasteiger partial charge in [0.2, 0.25) is 0 Å². The van der Waals surface area contributed by atoms with Crippen molar-refractivity contribution in [1.29, 1.82) is 0 Å². The number of rotatable bonds is 32. The van der Waals surface area contributed by atoms with Gasteiger partial charge in [0, 0.05) is 26.7 Å². The van der Waals surface area contributed by atoms with Crippen LogP contribution in [0, 0.1) is 0 Å². The molecule has 0 aliphatic rings. The molecular weight excluding hydrogens is 544 g/mol. The van der Waals surface area contributed by atoms with Crippen LogP contribution in [0.1, 0.15) is 194 Å². The fraction of sp³-hybridized carbons (Fsp3) is 0.889. The second-order valence-electron chi connectivity index (χ2n) is 12.2. The first-order valence-electron chi connectivity index (χ1n) is 17.9. The molecule has 0 bridgehead atoms. The molecule has 0 N–H and O–H groups in total. The van der Waals surface area contributed by atoms with Crippen molar-refractivity contribution in [2.45, 2.75) is 194 Å². The lowest BCUT2D eigenvalue weighted by molar-refractivity contribution is -0.160. The number of hydrogen-bond donors (Lipinski definition) is 0. The van der Waals surface area contributed by atoms with E-state index in [1.165, 1.54) is 117 Å². The van der Waals surface area contributed by atoms with Gasteiger partial charge in [0.15, 0.2) is 0 Å². The molecule has 0 aromatic heterocycles. The van der Waals surface area contributed by atoms with E-state index in [4.69, 9.17) is 14.2 Å². The molecule has 0 rings (SSSR count). The normalized spacial score (nSPS) is 10.9. The summed E-state index contributed by atoms with van der Waals surface area (Å²) in [5, 5.41) is 0. The van der Waals surface area contributed by atoms with Crippen LogP contribution in [0.4, 0.5) is 0 Å². The van der Waals surface area contributed by atoms with Crippen LogP contribution in [-0.2, 0) is 33.4 Å². The van der Waals surface area contributed by atoms with Crippen molar-refractivity contribution >= 4 is 23.9 Å². The van der Waals surface area contributed by atoms with Crippen molar-refractivity contribution in [1.82, 2.24) is 0 Å². The first-order valence-corrected chi connectivity index (χ1v) is 17.9. The molecule has 0 fully saturated rings. The van der Waals surface area contributed by atoms with Gasteiger partial charge in [0.25, 0.3) is 0 Å². The van der Waals surface area contributed by atoms with Gasteiger partial charge < -0.3 is 14.2 Å². The lowest BCUT2D eigenvalue weighted by Crippen LogP contribution is -2.11. The van der Waals surface area contributed by atoms with Crippen LogP contribution in [-0.4, -0.2) is 37.1 Å². The highest BCUT2D eigenvalue weighted by Gasteiger charge is 2.10. The molecule has 252 valence electrons. The Morgan fingerprint density at radius 3 is 0.767 bits per heavy atom. The van der Waals surface area contributed by atoms with Crippen LogP contribution in [0.25, 0.3) is 0 Å². The van der Waals surface area contributed by atoms with E-state index in [2.05, 4.69) is 0 Å². The van der Waals surface area contributed by atoms with Gasteiger partial charge in [-0.15, -0.1) is 0 Å². The van der Waals surface area contributed by atoms with Crippen LogP contribution in [0.2, 0.25) is 0 Å². The molecular formula is C36H66O7. The third-order valence-corrected chi connectivity index (χ3v) is 7.89. The monoisotopic (exact) mass is 610 g/mol. The van der Waals surface area contributed by atoms with Gasteiger partial charge in [-0.1, -0.05) is 141 Å². The van der Waals surface area contributed by atoms with Crippen molar-refractivity contribution in [3.8, 4) is 0 Å². The second kappa shape index (κ2) is 33.0. The summed E-state index contributed by atoms with van der Waals surface area (Å²) in [5.41, 5.74) is 0. The van der Waals surface area contributed by atoms with Gasteiger partial charge in [-0.2, -0.15) is 0 Å². The number of hydrogen-bond acceptors (Lipinski definition) is 7. The maximum Gasteiger partial charge on any atom is 0.313 e. The highest BCUT2D eigenvalue weighted by molar-refractivity contribution is 5.85. The number of unbranched alkanes of at least 4 members (excludes halogenated alkanes) is 24. The van der Waals surface area contributed by atoms with Crippen molar-refractivity contribution < 1.29 is 33.4 Å². The summed E-state index contributed by atoms with van der Waals surface area (Å²) in [6, 6.07) is 0. The summed E-state index contributed by atoms with van der Waals surface area (Å²) in [4.78, 5) is 45.2. The predicted molar refractivity (Wildman–Crippen MR) is 174 cm³/mol. The molecule has 0 atom stereocenters. The van der Waals surface area contributed by atoms with Gasteiger partial charge in [0.05, 0.1) is 13.2 Å². The van der Waals surface area contributed by atoms with Gasteiger partial charge in [-0.05, 0) is 25.7 Å². The average molecular weight is 611 g/mol. The molecule has 0 aromatic rings. The smallest absolute Gasteiger partial charge is 0.313 e. The van der Waals surface area contributed by atoms with Gasteiger partial charge in [-0.25, -0.2) is 0 Å². The molecule has 7 nitrogen and oxygen atoms in total. The fourth-order valence-electron chi connectivity index (χ4n) is 5.29. The quantitative estimate of drug-likeness (QED) is 0.0323. The average Bonchev–Trinajstić information content (AvgIpc) is 2.96. The summed E-state index contributed by atoms with van der Waals surface area (Å²) < 4.78 is 14.9. The Kier molecular flexibility index (Phi) is 31.5. The Hall–Kier alpha value is -1.92. The van der Waals surface area contributed by atoms with Crippen LogP contribution in [0.15, 0.2) is 0 Å². The van der Waals surface area contributed by atoms with Crippen LogP contribution in [0.5, 0.6) is 0 Å². The number of esters is 4. The van der Waals surface area contributed by atoms with Crippen molar-refractivity contribution in [3.05, 3.63) is 0 Å². The minimum absolute atomic E-state index is 0.186. The van der Waals surface area contributed by atoms with E-state index in [9.17, 15) is 19.2 Å². The Balaban J connectivity index is 3.29. The van der Waals surface area contributed by atoms with E-state index in [-0.39, 0.29) is 23.9 Å².